The molecule has 0 aliphatic rings. The van der Waals surface area contributed by atoms with Gasteiger partial charge in [-0.2, -0.15) is 0 Å². The van der Waals surface area contributed by atoms with Crippen LogP contribution in [0.4, 0.5) is 0 Å². The van der Waals surface area contributed by atoms with E-state index in [9.17, 15) is 15.0 Å². The Balaban J connectivity index is 3.65. The number of carbonyl (C=O) groups is 1. The van der Waals surface area contributed by atoms with E-state index in [0.29, 0.717) is 6.42 Å². The van der Waals surface area contributed by atoms with Gasteiger partial charge >= 0.3 is 0 Å². The van der Waals surface area contributed by atoms with Gasteiger partial charge in [0.25, 0.3) is 0 Å². The molecule has 0 aromatic rings. The van der Waals surface area contributed by atoms with E-state index in [-0.39, 0.29) is 12.5 Å². The molecule has 4 nitrogen and oxygen atoms in total. The van der Waals surface area contributed by atoms with Crippen LogP contribution >= 0.6 is 0 Å². The van der Waals surface area contributed by atoms with Gasteiger partial charge in [0.15, 0.2) is 0 Å². The highest BCUT2D eigenvalue weighted by Gasteiger charge is 2.17. The van der Waals surface area contributed by atoms with Crippen LogP contribution in [0.2, 0.25) is 0 Å². The molecule has 0 spiro atoms. The van der Waals surface area contributed by atoms with E-state index in [4.69, 9.17) is 0 Å². The molecule has 264 valence electrons. The van der Waals surface area contributed by atoms with Crippen LogP contribution < -0.4 is 5.32 Å². The second kappa shape index (κ2) is 37.5. The average molecular weight is 648 g/mol. The SMILES string of the molecule is CC/C=C\C/C=C\C/C=C\C/C=C\C/C=C\C/C=C\C/C=C\C/C=C\CCCCCCCCC(=O)NC(CO)C(O)/C=C/CCCC. The predicted molar refractivity (Wildman–Crippen MR) is 206 cm³/mol. The Kier molecular flexibility index (Phi) is 35.2. The highest BCUT2D eigenvalue weighted by molar-refractivity contribution is 5.76. The van der Waals surface area contributed by atoms with Gasteiger partial charge in [-0.05, 0) is 77.0 Å². The van der Waals surface area contributed by atoms with Crippen LogP contribution in [0.15, 0.2) is 109 Å². The molecule has 0 fully saturated rings. The highest BCUT2D eigenvalue weighted by atomic mass is 16.3. The number of hydrogen-bond acceptors (Lipinski definition) is 3. The molecule has 0 bridgehead atoms. The van der Waals surface area contributed by atoms with E-state index in [2.05, 4.69) is 116 Å². The average Bonchev–Trinajstić information content (AvgIpc) is 3.08. The molecule has 0 aliphatic carbocycles. The third-order valence-electron chi connectivity index (χ3n) is 7.51. The molecule has 0 radical (unpaired) electrons. The minimum absolute atomic E-state index is 0.0957. The molecule has 47 heavy (non-hydrogen) atoms. The van der Waals surface area contributed by atoms with E-state index >= 15 is 0 Å². The van der Waals surface area contributed by atoms with E-state index < -0.39 is 12.1 Å². The first-order chi connectivity index (χ1) is 23.2. The fourth-order valence-corrected chi connectivity index (χ4v) is 4.65. The molecule has 1 amide bonds. The first-order valence-electron chi connectivity index (χ1n) is 18.6. The van der Waals surface area contributed by atoms with Gasteiger partial charge in [-0.25, -0.2) is 0 Å². The smallest absolute Gasteiger partial charge is 0.220 e. The van der Waals surface area contributed by atoms with Gasteiger partial charge in [-0.1, -0.05) is 162 Å². The molecular formula is C43H69NO3. The Morgan fingerprint density at radius 3 is 1.38 bits per heavy atom. The van der Waals surface area contributed by atoms with Crippen molar-refractivity contribution in [3.63, 3.8) is 0 Å². The van der Waals surface area contributed by atoms with Crippen LogP contribution in [0.5, 0.6) is 0 Å². The number of nitrogens with one attached hydrogen (secondary N) is 1. The first kappa shape index (κ1) is 44.0. The fourth-order valence-electron chi connectivity index (χ4n) is 4.65. The van der Waals surface area contributed by atoms with E-state index in [1.807, 2.05) is 6.08 Å². The monoisotopic (exact) mass is 648 g/mol. The number of carbonyl (C=O) groups excluding carboxylic acids is 1. The van der Waals surface area contributed by atoms with Crippen LogP contribution in [-0.4, -0.2) is 34.9 Å². The van der Waals surface area contributed by atoms with Crippen LogP contribution in [0, 0.1) is 0 Å². The Morgan fingerprint density at radius 2 is 0.936 bits per heavy atom. The van der Waals surface area contributed by atoms with Crippen molar-refractivity contribution in [3.05, 3.63) is 109 Å². The summed E-state index contributed by atoms with van der Waals surface area (Å²) in [6, 6.07) is -0.633. The second-order valence-electron chi connectivity index (χ2n) is 11.9. The lowest BCUT2D eigenvalue weighted by molar-refractivity contribution is -0.123. The standard InChI is InChI=1S/C43H69NO3/c1-3-5-7-9-10-11-12-13-14-15-16-17-18-19-20-21-22-23-24-25-26-27-28-29-30-31-32-33-34-35-37-39-43(47)44-41(40-45)42(46)38-36-8-6-4-2/h5,7,10-11,13-14,16-17,19-20,22-23,25-26,28-29,36,38,41-42,45-46H,3-4,6,8-9,12,15,18,21,24,27,30-35,37,39-40H2,1-2H3,(H,44,47)/b7-5-,11-10-,14-13-,17-16-,20-19-,23-22-,26-25-,29-28-,38-36+. The summed E-state index contributed by atoms with van der Waals surface area (Å²) in [6.07, 6.45) is 57.9. The topological polar surface area (TPSA) is 69.6 Å². The van der Waals surface area contributed by atoms with Gasteiger partial charge < -0.3 is 15.5 Å². The van der Waals surface area contributed by atoms with E-state index in [1.165, 1.54) is 19.3 Å². The summed E-state index contributed by atoms with van der Waals surface area (Å²) in [5.74, 6) is -0.0957. The zero-order chi connectivity index (χ0) is 34.3. The maximum atomic E-state index is 12.2. The van der Waals surface area contributed by atoms with Gasteiger partial charge in [0.1, 0.15) is 0 Å². The molecule has 0 heterocycles. The van der Waals surface area contributed by atoms with Crippen molar-refractivity contribution in [1.82, 2.24) is 5.32 Å². The number of hydrogen-bond donors (Lipinski definition) is 3. The first-order valence-corrected chi connectivity index (χ1v) is 18.6. The van der Waals surface area contributed by atoms with Crippen molar-refractivity contribution in [1.29, 1.82) is 0 Å². The van der Waals surface area contributed by atoms with Crippen LogP contribution in [-0.2, 0) is 4.79 Å². The summed E-state index contributed by atoms with van der Waals surface area (Å²) in [5, 5.41) is 22.4. The minimum atomic E-state index is -0.848. The third-order valence-corrected chi connectivity index (χ3v) is 7.51. The largest absolute Gasteiger partial charge is 0.394 e. The number of allylic oxidation sites excluding steroid dienone is 17. The summed E-state index contributed by atoms with van der Waals surface area (Å²) in [6.45, 7) is 4.02. The van der Waals surface area contributed by atoms with Crippen molar-refractivity contribution in [2.24, 2.45) is 0 Å². The quantitative estimate of drug-likeness (QED) is 0.0518. The van der Waals surface area contributed by atoms with Crippen molar-refractivity contribution in [2.75, 3.05) is 6.61 Å². The lowest BCUT2D eigenvalue weighted by Crippen LogP contribution is -2.45. The van der Waals surface area contributed by atoms with E-state index in [1.54, 1.807) is 6.08 Å². The summed E-state index contributed by atoms with van der Waals surface area (Å²) < 4.78 is 0. The molecule has 0 aliphatic heterocycles. The van der Waals surface area contributed by atoms with Crippen molar-refractivity contribution in [3.8, 4) is 0 Å². The summed E-state index contributed by atoms with van der Waals surface area (Å²) in [7, 11) is 0. The van der Waals surface area contributed by atoms with Gasteiger partial charge in [-0.15, -0.1) is 0 Å². The van der Waals surface area contributed by atoms with Crippen molar-refractivity contribution >= 4 is 5.91 Å². The molecule has 0 saturated heterocycles. The molecule has 0 aromatic heterocycles. The Bertz CT molecular complexity index is 964. The lowest BCUT2D eigenvalue weighted by atomic mass is 10.1. The molecule has 4 heteroatoms. The van der Waals surface area contributed by atoms with E-state index in [0.717, 1.165) is 96.3 Å². The summed E-state index contributed by atoms with van der Waals surface area (Å²) in [5.41, 5.74) is 0. The van der Waals surface area contributed by atoms with Gasteiger partial charge in [0, 0.05) is 6.42 Å². The minimum Gasteiger partial charge on any atom is -0.394 e. The highest BCUT2D eigenvalue weighted by Crippen LogP contribution is 2.10. The molecule has 0 saturated carbocycles. The van der Waals surface area contributed by atoms with Crippen molar-refractivity contribution < 1.29 is 15.0 Å². The third kappa shape index (κ3) is 34.2. The summed E-state index contributed by atoms with van der Waals surface area (Å²) >= 11 is 0. The Morgan fingerprint density at radius 1 is 0.532 bits per heavy atom. The normalized spacial score (nSPS) is 14.4. The zero-order valence-corrected chi connectivity index (χ0v) is 30.0. The van der Waals surface area contributed by atoms with Crippen LogP contribution in [0.1, 0.15) is 136 Å². The maximum Gasteiger partial charge on any atom is 0.220 e. The molecule has 2 unspecified atom stereocenters. The number of aliphatic hydroxyl groups is 2. The van der Waals surface area contributed by atoms with Gasteiger partial charge in [-0.3, -0.25) is 4.79 Å². The number of amides is 1. The zero-order valence-electron chi connectivity index (χ0n) is 30.0. The Hall–Kier alpha value is -2.95. The number of unbranched alkanes of at least 4 members (excludes halogenated alkanes) is 8. The van der Waals surface area contributed by atoms with Gasteiger partial charge in [0.05, 0.1) is 18.8 Å². The second-order valence-corrected chi connectivity index (χ2v) is 11.9. The molecule has 0 rings (SSSR count). The lowest BCUT2D eigenvalue weighted by Gasteiger charge is -2.19. The molecule has 0 aromatic carbocycles. The fraction of sp³-hybridized carbons (Fsp3) is 0.558. The molecule has 3 N–H and O–H groups in total. The summed E-state index contributed by atoms with van der Waals surface area (Å²) in [4.78, 5) is 12.2. The molecule has 2 atom stereocenters. The number of aliphatic hydroxyl groups excluding tert-OH is 2. The number of rotatable bonds is 31. The maximum absolute atomic E-state index is 12.2. The molecular weight excluding hydrogens is 578 g/mol. The van der Waals surface area contributed by atoms with Crippen LogP contribution in [0.25, 0.3) is 0 Å². The van der Waals surface area contributed by atoms with Crippen molar-refractivity contribution in [2.45, 2.75) is 148 Å². The van der Waals surface area contributed by atoms with Gasteiger partial charge in [0.2, 0.25) is 5.91 Å². The predicted octanol–water partition coefficient (Wildman–Crippen LogP) is 11.3. The Labute approximate surface area is 289 Å². The van der Waals surface area contributed by atoms with Crippen LogP contribution in [0.3, 0.4) is 0 Å².